The summed E-state index contributed by atoms with van der Waals surface area (Å²) < 4.78 is 9.92. The van der Waals surface area contributed by atoms with Gasteiger partial charge in [0.05, 0.1) is 26.3 Å². The summed E-state index contributed by atoms with van der Waals surface area (Å²) in [6.07, 6.45) is 0. The Bertz CT molecular complexity index is 1020. The third-order valence-electron chi connectivity index (χ3n) is 4.57. The van der Waals surface area contributed by atoms with Gasteiger partial charge in [-0.25, -0.2) is 4.79 Å². The van der Waals surface area contributed by atoms with Crippen molar-refractivity contribution < 1.29 is 19.1 Å². The molecule has 6 heteroatoms. The van der Waals surface area contributed by atoms with E-state index in [1.807, 2.05) is 30.1 Å². The molecule has 6 nitrogen and oxygen atoms in total. The van der Waals surface area contributed by atoms with Gasteiger partial charge in [-0.1, -0.05) is 18.2 Å². The van der Waals surface area contributed by atoms with Crippen LogP contribution >= 0.6 is 0 Å². The number of nitrogens with one attached hydrogen (secondary N) is 1. The van der Waals surface area contributed by atoms with E-state index in [1.165, 1.54) is 7.11 Å². The smallest absolute Gasteiger partial charge is 0.337 e. The maximum atomic E-state index is 12.3. The van der Waals surface area contributed by atoms with Crippen LogP contribution in [0.1, 0.15) is 15.9 Å². The highest BCUT2D eigenvalue weighted by atomic mass is 16.5. The van der Waals surface area contributed by atoms with Crippen LogP contribution in [-0.2, 0) is 16.1 Å². The average Bonchev–Trinajstić information content (AvgIpc) is 2.73. The lowest BCUT2D eigenvalue weighted by Crippen LogP contribution is -2.29. The summed E-state index contributed by atoms with van der Waals surface area (Å²) in [6.45, 7) is 0.899. The van der Waals surface area contributed by atoms with E-state index in [0.29, 0.717) is 17.8 Å². The third-order valence-corrected chi connectivity index (χ3v) is 4.57. The Morgan fingerprint density at radius 2 is 1.62 bits per heavy atom. The molecule has 0 bridgehead atoms. The molecular weight excluding hydrogens is 368 g/mol. The number of nitrogens with zero attached hydrogens (tertiary/aromatic N) is 1. The number of carbonyl (C=O) groups excluding carboxylic acids is 2. The quantitative estimate of drug-likeness (QED) is 0.621. The van der Waals surface area contributed by atoms with Crippen LogP contribution in [0.15, 0.2) is 60.7 Å². The van der Waals surface area contributed by atoms with Gasteiger partial charge in [0.25, 0.3) is 0 Å². The van der Waals surface area contributed by atoms with Gasteiger partial charge in [-0.2, -0.15) is 0 Å². The molecule has 1 amide bonds. The highest BCUT2D eigenvalue weighted by Crippen LogP contribution is 2.22. The van der Waals surface area contributed by atoms with E-state index in [2.05, 4.69) is 28.3 Å². The predicted octanol–water partition coefficient (Wildman–Crippen LogP) is 3.71. The van der Waals surface area contributed by atoms with E-state index in [4.69, 9.17) is 4.74 Å². The monoisotopic (exact) mass is 392 g/mol. The molecule has 1 N–H and O–H groups in total. The minimum absolute atomic E-state index is 0.121. The van der Waals surface area contributed by atoms with Gasteiger partial charge in [0.1, 0.15) is 5.75 Å². The fraction of sp³-hybridized carbons (Fsp3) is 0.217. The Balaban J connectivity index is 1.57. The molecule has 0 aliphatic heterocycles. The SMILES string of the molecule is COC(=O)c1ccc(NC(=O)CN(C)Cc2ccc3cc(OC)ccc3c2)cc1. The molecule has 0 radical (unpaired) electrons. The van der Waals surface area contributed by atoms with Crippen molar-refractivity contribution in [1.29, 1.82) is 0 Å². The Kier molecular flexibility index (Phi) is 6.46. The van der Waals surface area contributed by atoms with Crippen LogP contribution in [0.5, 0.6) is 5.75 Å². The summed E-state index contributed by atoms with van der Waals surface area (Å²) in [5, 5.41) is 5.08. The highest BCUT2D eigenvalue weighted by Gasteiger charge is 2.10. The molecule has 0 fully saturated rings. The highest BCUT2D eigenvalue weighted by molar-refractivity contribution is 5.94. The number of esters is 1. The van der Waals surface area contributed by atoms with E-state index in [0.717, 1.165) is 22.1 Å². The number of benzene rings is 3. The van der Waals surface area contributed by atoms with Crippen molar-refractivity contribution in [1.82, 2.24) is 4.90 Å². The number of methoxy groups -OCH3 is 2. The summed E-state index contributed by atoms with van der Waals surface area (Å²) in [7, 11) is 4.89. The minimum atomic E-state index is -0.406. The Labute approximate surface area is 170 Å². The van der Waals surface area contributed by atoms with Gasteiger partial charge >= 0.3 is 5.97 Å². The first kappa shape index (κ1) is 20.4. The van der Waals surface area contributed by atoms with Crippen LogP contribution in [-0.4, -0.2) is 44.6 Å². The zero-order chi connectivity index (χ0) is 20.8. The van der Waals surface area contributed by atoms with Crippen molar-refractivity contribution in [3.63, 3.8) is 0 Å². The Morgan fingerprint density at radius 1 is 0.931 bits per heavy atom. The molecular formula is C23H24N2O4. The molecule has 29 heavy (non-hydrogen) atoms. The van der Waals surface area contributed by atoms with E-state index in [1.54, 1.807) is 31.4 Å². The van der Waals surface area contributed by atoms with Crippen molar-refractivity contribution in [2.24, 2.45) is 0 Å². The summed E-state index contributed by atoms with van der Waals surface area (Å²) in [5.41, 5.74) is 2.20. The third kappa shape index (κ3) is 5.33. The molecule has 3 aromatic carbocycles. The summed E-state index contributed by atoms with van der Waals surface area (Å²) in [4.78, 5) is 25.7. The van der Waals surface area contributed by atoms with Gasteiger partial charge in [0, 0.05) is 12.2 Å². The second-order valence-electron chi connectivity index (χ2n) is 6.84. The summed E-state index contributed by atoms with van der Waals surface area (Å²) in [5.74, 6) is 0.305. The standard InChI is InChI=1S/C23H24N2O4/c1-25(14-16-4-5-19-13-21(28-2)11-8-18(19)12-16)15-22(26)24-20-9-6-17(7-10-20)23(27)29-3/h4-13H,14-15H2,1-3H3,(H,24,26). The normalized spacial score (nSPS) is 10.8. The molecule has 0 spiro atoms. The molecule has 3 aromatic rings. The molecule has 0 aliphatic rings. The number of likely N-dealkylation sites (N-methyl/N-ethyl adjacent to an activating group) is 1. The summed E-state index contributed by atoms with van der Waals surface area (Å²) in [6, 6.07) is 18.8. The number of carbonyl (C=O) groups is 2. The maximum absolute atomic E-state index is 12.3. The van der Waals surface area contributed by atoms with Crippen LogP contribution in [0, 0.1) is 0 Å². The zero-order valence-corrected chi connectivity index (χ0v) is 16.8. The molecule has 0 aromatic heterocycles. The molecule has 150 valence electrons. The lowest BCUT2D eigenvalue weighted by Gasteiger charge is -2.17. The van der Waals surface area contributed by atoms with Crippen LogP contribution in [0.4, 0.5) is 5.69 Å². The van der Waals surface area contributed by atoms with Gasteiger partial charge < -0.3 is 14.8 Å². The lowest BCUT2D eigenvalue weighted by atomic mass is 10.1. The van der Waals surface area contributed by atoms with Crippen LogP contribution in [0.3, 0.4) is 0 Å². The zero-order valence-electron chi connectivity index (χ0n) is 16.8. The van der Waals surface area contributed by atoms with Gasteiger partial charge in [-0.05, 0) is 65.8 Å². The molecule has 0 atom stereocenters. The first-order valence-electron chi connectivity index (χ1n) is 9.22. The number of hydrogen-bond donors (Lipinski definition) is 1. The first-order chi connectivity index (χ1) is 14.0. The van der Waals surface area contributed by atoms with E-state index >= 15 is 0 Å². The fourth-order valence-electron chi connectivity index (χ4n) is 3.12. The topological polar surface area (TPSA) is 67.9 Å². The van der Waals surface area contributed by atoms with Crippen molar-refractivity contribution in [3.8, 4) is 5.75 Å². The molecule has 0 unspecified atom stereocenters. The van der Waals surface area contributed by atoms with Gasteiger partial charge in [-0.15, -0.1) is 0 Å². The predicted molar refractivity (Wildman–Crippen MR) is 113 cm³/mol. The first-order valence-corrected chi connectivity index (χ1v) is 9.22. The second-order valence-corrected chi connectivity index (χ2v) is 6.84. The molecule has 0 saturated heterocycles. The van der Waals surface area contributed by atoms with Gasteiger partial charge in [0.2, 0.25) is 5.91 Å². The number of fused-ring (bicyclic) bond motifs is 1. The molecule has 0 saturated carbocycles. The van der Waals surface area contributed by atoms with Crippen molar-refractivity contribution in [2.45, 2.75) is 6.54 Å². The summed E-state index contributed by atoms with van der Waals surface area (Å²) >= 11 is 0. The fourth-order valence-corrected chi connectivity index (χ4v) is 3.12. The van der Waals surface area contributed by atoms with Crippen molar-refractivity contribution >= 4 is 28.3 Å². The number of ether oxygens (including phenoxy) is 2. The minimum Gasteiger partial charge on any atom is -0.497 e. The van der Waals surface area contributed by atoms with Gasteiger partial charge in [-0.3, -0.25) is 9.69 Å². The van der Waals surface area contributed by atoms with E-state index in [9.17, 15) is 9.59 Å². The number of anilines is 1. The van der Waals surface area contributed by atoms with Gasteiger partial charge in [0.15, 0.2) is 0 Å². The molecule has 0 heterocycles. The average molecular weight is 392 g/mol. The van der Waals surface area contributed by atoms with Crippen LogP contribution in [0.25, 0.3) is 10.8 Å². The second kappa shape index (κ2) is 9.21. The van der Waals surface area contributed by atoms with Crippen molar-refractivity contribution in [3.05, 3.63) is 71.8 Å². The number of rotatable bonds is 7. The number of hydrogen-bond acceptors (Lipinski definition) is 5. The molecule has 3 rings (SSSR count). The van der Waals surface area contributed by atoms with Crippen LogP contribution in [0.2, 0.25) is 0 Å². The Hall–Kier alpha value is -3.38. The maximum Gasteiger partial charge on any atom is 0.337 e. The van der Waals surface area contributed by atoms with E-state index in [-0.39, 0.29) is 12.5 Å². The van der Waals surface area contributed by atoms with E-state index < -0.39 is 5.97 Å². The largest absolute Gasteiger partial charge is 0.497 e. The number of amides is 1. The van der Waals surface area contributed by atoms with Crippen molar-refractivity contribution in [2.75, 3.05) is 33.1 Å². The Morgan fingerprint density at radius 3 is 2.31 bits per heavy atom. The lowest BCUT2D eigenvalue weighted by molar-refractivity contribution is -0.117. The van der Waals surface area contributed by atoms with Crippen LogP contribution < -0.4 is 10.1 Å². The molecule has 0 aliphatic carbocycles.